The lowest BCUT2D eigenvalue weighted by molar-refractivity contribution is -0.121. The lowest BCUT2D eigenvalue weighted by Gasteiger charge is -2.31. The van der Waals surface area contributed by atoms with Crippen molar-refractivity contribution in [1.29, 1.82) is 0 Å². The van der Waals surface area contributed by atoms with E-state index in [2.05, 4.69) is 20.4 Å². The molecule has 0 radical (unpaired) electrons. The van der Waals surface area contributed by atoms with Gasteiger partial charge in [0.2, 0.25) is 17.6 Å². The highest BCUT2D eigenvalue weighted by Crippen LogP contribution is 2.26. The minimum Gasteiger partial charge on any atom is -0.338 e. The van der Waals surface area contributed by atoms with Crippen LogP contribution in [0.15, 0.2) is 47.0 Å². The van der Waals surface area contributed by atoms with Gasteiger partial charge in [0, 0.05) is 22.8 Å². The zero-order chi connectivity index (χ0) is 21.1. The first kappa shape index (κ1) is 20.6. The van der Waals surface area contributed by atoms with Crippen molar-refractivity contribution in [3.63, 3.8) is 0 Å². The van der Waals surface area contributed by atoms with E-state index in [4.69, 9.17) is 16.1 Å². The van der Waals surface area contributed by atoms with Crippen LogP contribution in [-0.2, 0) is 11.3 Å². The van der Waals surface area contributed by atoms with Crippen LogP contribution < -0.4 is 5.32 Å². The fraction of sp³-hybridized carbons (Fsp3) is 0.348. The van der Waals surface area contributed by atoms with Crippen molar-refractivity contribution in [3.8, 4) is 11.4 Å². The molecule has 1 N–H and O–H groups in total. The summed E-state index contributed by atoms with van der Waals surface area (Å²) in [5.41, 5.74) is 3.73. The number of amides is 1. The van der Waals surface area contributed by atoms with Crippen LogP contribution in [-0.4, -0.2) is 34.0 Å². The Hall–Kier alpha value is -2.70. The van der Waals surface area contributed by atoms with Gasteiger partial charge in [-0.15, -0.1) is 0 Å². The molecular weight excluding hydrogens is 400 g/mol. The van der Waals surface area contributed by atoms with Crippen LogP contribution >= 0.6 is 11.6 Å². The van der Waals surface area contributed by atoms with Gasteiger partial charge in [-0.25, -0.2) is 0 Å². The van der Waals surface area contributed by atoms with Crippen molar-refractivity contribution in [2.75, 3.05) is 18.4 Å². The second kappa shape index (κ2) is 8.98. The van der Waals surface area contributed by atoms with E-state index in [1.807, 2.05) is 56.3 Å². The second-order valence-corrected chi connectivity index (χ2v) is 8.21. The molecule has 2 aromatic carbocycles. The number of halogens is 1. The van der Waals surface area contributed by atoms with Gasteiger partial charge in [0.25, 0.3) is 0 Å². The van der Waals surface area contributed by atoms with E-state index in [9.17, 15) is 4.79 Å². The monoisotopic (exact) mass is 424 g/mol. The third kappa shape index (κ3) is 4.55. The van der Waals surface area contributed by atoms with E-state index in [0.717, 1.165) is 41.8 Å². The highest BCUT2D eigenvalue weighted by atomic mass is 35.5. The van der Waals surface area contributed by atoms with Gasteiger partial charge < -0.3 is 9.84 Å². The number of hydrogen-bond donors (Lipinski definition) is 1. The van der Waals surface area contributed by atoms with Crippen LogP contribution in [0.3, 0.4) is 0 Å². The summed E-state index contributed by atoms with van der Waals surface area (Å²) in [4.78, 5) is 19.6. The van der Waals surface area contributed by atoms with Gasteiger partial charge in [-0.2, -0.15) is 4.98 Å². The number of rotatable bonds is 5. The molecule has 1 amide bonds. The Bertz CT molecular complexity index is 1050. The van der Waals surface area contributed by atoms with Crippen molar-refractivity contribution >= 4 is 23.2 Å². The summed E-state index contributed by atoms with van der Waals surface area (Å²) in [6, 6.07) is 13.5. The quantitative estimate of drug-likeness (QED) is 0.633. The summed E-state index contributed by atoms with van der Waals surface area (Å²) < 4.78 is 5.48. The Kier molecular flexibility index (Phi) is 6.16. The lowest BCUT2D eigenvalue weighted by atomic mass is 9.97. The van der Waals surface area contributed by atoms with Crippen LogP contribution in [0, 0.1) is 19.8 Å². The molecule has 2 heterocycles. The van der Waals surface area contributed by atoms with E-state index >= 15 is 0 Å². The number of carbonyl (C=O) groups is 1. The first-order chi connectivity index (χ1) is 14.5. The molecule has 3 aromatic rings. The van der Waals surface area contributed by atoms with Crippen molar-refractivity contribution in [3.05, 3.63) is 64.5 Å². The second-order valence-electron chi connectivity index (χ2n) is 7.80. The summed E-state index contributed by atoms with van der Waals surface area (Å²) in [5, 5.41) is 7.82. The summed E-state index contributed by atoms with van der Waals surface area (Å²) in [7, 11) is 0. The molecule has 4 rings (SSSR count). The molecule has 30 heavy (non-hydrogen) atoms. The fourth-order valence-corrected chi connectivity index (χ4v) is 4.01. The molecule has 0 aliphatic carbocycles. The standard InChI is InChI=1S/C23H25ClN4O2/c1-15-7-3-4-9-18(15)22-26-21(30-27-22)14-28-12-6-8-17(13-28)23(29)25-20-11-5-10-19(24)16(20)2/h3-5,7,9-11,17H,6,8,12-14H2,1-2H3,(H,25,29). The van der Waals surface area contributed by atoms with Gasteiger partial charge in [0.1, 0.15) is 0 Å². The number of hydrogen-bond acceptors (Lipinski definition) is 5. The highest BCUT2D eigenvalue weighted by Gasteiger charge is 2.27. The SMILES string of the molecule is Cc1ccccc1-c1noc(CN2CCCC(C(=O)Nc3cccc(Cl)c3C)C2)n1. The third-order valence-corrected chi connectivity index (χ3v) is 6.02. The minimum atomic E-state index is -0.0871. The molecule has 0 spiro atoms. The van der Waals surface area contributed by atoms with E-state index in [0.29, 0.717) is 29.8 Å². The van der Waals surface area contributed by atoms with Crippen molar-refractivity contribution in [2.24, 2.45) is 5.92 Å². The molecule has 1 atom stereocenters. The number of nitrogens with zero attached hydrogens (tertiary/aromatic N) is 3. The Morgan fingerprint density at radius 3 is 2.90 bits per heavy atom. The Labute approximate surface area is 181 Å². The molecule has 1 aromatic heterocycles. The van der Waals surface area contributed by atoms with E-state index in [1.165, 1.54) is 0 Å². The Morgan fingerprint density at radius 2 is 2.07 bits per heavy atom. The summed E-state index contributed by atoms with van der Waals surface area (Å²) >= 11 is 6.17. The zero-order valence-corrected chi connectivity index (χ0v) is 17.9. The van der Waals surface area contributed by atoms with E-state index in [1.54, 1.807) is 0 Å². The number of benzene rings is 2. The van der Waals surface area contributed by atoms with Gasteiger partial charge in [-0.05, 0) is 56.5 Å². The largest absolute Gasteiger partial charge is 0.338 e. The maximum Gasteiger partial charge on any atom is 0.241 e. The molecule has 1 aliphatic rings. The number of anilines is 1. The predicted octanol–water partition coefficient (Wildman–Crippen LogP) is 4.86. The molecule has 1 aliphatic heterocycles. The average Bonchev–Trinajstić information content (AvgIpc) is 3.20. The smallest absolute Gasteiger partial charge is 0.241 e. The fourth-order valence-electron chi connectivity index (χ4n) is 3.83. The maximum atomic E-state index is 12.8. The Morgan fingerprint density at radius 1 is 1.23 bits per heavy atom. The van der Waals surface area contributed by atoms with Crippen LogP contribution in [0.5, 0.6) is 0 Å². The molecule has 1 saturated heterocycles. The van der Waals surface area contributed by atoms with Crippen LogP contribution in [0.4, 0.5) is 5.69 Å². The molecule has 1 unspecified atom stereocenters. The zero-order valence-electron chi connectivity index (χ0n) is 17.2. The molecule has 156 valence electrons. The van der Waals surface area contributed by atoms with Crippen LogP contribution in [0.1, 0.15) is 29.9 Å². The highest BCUT2D eigenvalue weighted by molar-refractivity contribution is 6.31. The average molecular weight is 425 g/mol. The van der Waals surface area contributed by atoms with Gasteiger partial charge in [-0.3, -0.25) is 9.69 Å². The normalized spacial score (nSPS) is 17.1. The minimum absolute atomic E-state index is 0.0243. The molecule has 0 saturated carbocycles. The third-order valence-electron chi connectivity index (χ3n) is 5.61. The number of aryl methyl sites for hydroxylation is 1. The maximum absolute atomic E-state index is 12.8. The number of carbonyl (C=O) groups excluding carboxylic acids is 1. The lowest BCUT2D eigenvalue weighted by Crippen LogP contribution is -2.40. The Balaban J connectivity index is 1.39. The molecule has 0 bridgehead atoms. The summed E-state index contributed by atoms with van der Waals surface area (Å²) in [6.07, 6.45) is 1.81. The topological polar surface area (TPSA) is 71.3 Å². The number of aromatic nitrogens is 2. The van der Waals surface area contributed by atoms with Gasteiger partial charge in [0.05, 0.1) is 12.5 Å². The molecule has 1 fully saturated rings. The predicted molar refractivity (Wildman–Crippen MR) is 117 cm³/mol. The molecular formula is C23H25ClN4O2. The summed E-state index contributed by atoms with van der Waals surface area (Å²) in [6.45, 7) is 6.04. The van der Waals surface area contributed by atoms with Crippen LogP contribution in [0.25, 0.3) is 11.4 Å². The number of piperidine rings is 1. The number of nitrogens with one attached hydrogen (secondary N) is 1. The van der Waals surface area contributed by atoms with E-state index in [-0.39, 0.29) is 11.8 Å². The first-order valence-electron chi connectivity index (χ1n) is 10.2. The van der Waals surface area contributed by atoms with E-state index < -0.39 is 0 Å². The van der Waals surface area contributed by atoms with Crippen molar-refractivity contribution in [2.45, 2.75) is 33.2 Å². The van der Waals surface area contributed by atoms with Crippen molar-refractivity contribution < 1.29 is 9.32 Å². The molecule has 6 nitrogen and oxygen atoms in total. The summed E-state index contributed by atoms with van der Waals surface area (Å²) in [5.74, 6) is 1.11. The first-order valence-corrected chi connectivity index (χ1v) is 10.6. The van der Waals surface area contributed by atoms with Gasteiger partial charge in [-0.1, -0.05) is 47.1 Å². The molecule has 7 heteroatoms. The van der Waals surface area contributed by atoms with Crippen LogP contribution in [0.2, 0.25) is 5.02 Å². The van der Waals surface area contributed by atoms with Gasteiger partial charge in [0.15, 0.2) is 0 Å². The number of likely N-dealkylation sites (tertiary alicyclic amines) is 1. The van der Waals surface area contributed by atoms with Crippen molar-refractivity contribution in [1.82, 2.24) is 15.0 Å². The van der Waals surface area contributed by atoms with Gasteiger partial charge >= 0.3 is 0 Å².